The molecule has 0 spiro atoms. The fraction of sp³-hybridized carbons (Fsp3) is 0.333. The summed E-state index contributed by atoms with van der Waals surface area (Å²) < 4.78 is 18.8. The number of aromatic nitrogens is 2. The zero-order valence-electron chi connectivity index (χ0n) is 19.0. The summed E-state index contributed by atoms with van der Waals surface area (Å²) in [6.45, 7) is 5.52. The molecule has 0 saturated carbocycles. The van der Waals surface area contributed by atoms with Crippen molar-refractivity contribution in [2.45, 2.75) is 20.4 Å². The average molecular weight is 439 g/mol. The maximum atomic E-state index is 12.7. The molecule has 3 aromatic rings. The van der Waals surface area contributed by atoms with E-state index in [2.05, 4.69) is 5.32 Å². The van der Waals surface area contributed by atoms with Crippen LogP contribution in [-0.2, 0) is 11.3 Å². The maximum absolute atomic E-state index is 12.7. The number of hydrogen-bond acceptors (Lipinski definition) is 5. The van der Waals surface area contributed by atoms with Crippen LogP contribution in [0.1, 0.15) is 18.2 Å². The highest BCUT2D eigenvalue weighted by Gasteiger charge is 2.24. The van der Waals surface area contributed by atoms with E-state index in [9.17, 15) is 4.79 Å². The van der Waals surface area contributed by atoms with Gasteiger partial charge in [-0.1, -0.05) is 30.3 Å². The van der Waals surface area contributed by atoms with Crippen LogP contribution in [-0.4, -0.2) is 54.6 Å². The number of ether oxygens (including phenoxy) is 3. The molecule has 0 bridgehead atoms. The summed E-state index contributed by atoms with van der Waals surface area (Å²) in [7, 11) is 3.22. The molecule has 170 valence electrons. The molecule has 1 N–H and O–H groups in total. The minimum Gasteiger partial charge on any atom is -0.493 e. The first kappa shape index (κ1) is 23.1. The number of carbonyl (C=O) groups is 1. The molecule has 2 amide bonds. The average Bonchev–Trinajstić information content (AvgIpc) is 3.12. The van der Waals surface area contributed by atoms with Gasteiger partial charge in [0.1, 0.15) is 0 Å². The minimum absolute atomic E-state index is 0.167. The molecule has 0 unspecified atom stereocenters. The van der Waals surface area contributed by atoms with Crippen molar-refractivity contribution in [2.75, 3.05) is 33.9 Å². The zero-order chi connectivity index (χ0) is 22.9. The SMILES string of the molecule is CCNC(=O)N(CCOC)Cc1c(C)nn(-c2ccccc2)c1Oc1ccccc1OC. The van der Waals surface area contributed by atoms with Crippen molar-refractivity contribution in [3.63, 3.8) is 0 Å². The van der Waals surface area contributed by atoms with Crippen molar-refractivity contribution in [1.29, 1.82) is 0 Å². The second-order valence-corrected chi connectivity index (χ2v) is 7.12. The smallest absolute Gasteiger partial charge is 0.317 e. The second-order valence-electron chi connectivity index (χ2n) is 7.12. The third kappa shape index (κ3) is 5.39. The first-order chi connectivity index (χ1) is 15.6. The first-order valence-electron chi connectivity index (χ1n) is 10.6. The summed E-state index contributed by atoms with van der Waals surface area (Å²) in [5.74, 6) is 1.71. The zero-order valence-corrected chi connectivity index (χ0v) is 19.0. The predicted octanol–water partition coefficient (Wildman–Crippen LogP) is 4.16. The number of para-hydroxylation sites is 3. The lowest BCUT2D eigenvalue weighted by atomic mass is 10.2. The Morgan fingerprint density at radius 1 is 1.06 bits per heavy atom. The number of nitrogens with zero attached hydrogens (tertiary/aromatic N) is 3. The molecule has 8 nitrogen and oxygen atoms in total. The number of methoxy groups -OCH3 is 2. The van der Waals surface area contributed by atoms with Gasteiger partial charge in [0, 0.05) is 20.2 Å². The Bertz CT molecular complexity index is 1020. The molecule has 0 fully saturated rings. The summed E-state index contributed by atoms with van der Waals surface area (Å²) in [5.41, 5.74) is 2.43. The summed E-state index contributed by atoms with van der Waals surface area (Å²) in [6, 6.07) is 17.0. The Morgan fingerprint density at radius 3 is 2.41 bits per heavy atom. The maximum Gasteiger partial charge on any atom is 0.317 e. The quantitative estimate of drug-likeness (QED) is 0.514. The van der Waals surface area contributed by atoms with Gasteiger partial charge in [-0.3, -0.25) is 0 Å². The number of rotatable bonds is 10. The van der Waals surface area contributed by atoms with E-state index in [-0.39, 0.29) is 6.03 Å². The summed E-state index contributed by atoms with van der Waals surface area (Å²) >= 11 is 0. The first-order valence-corrected chi connectivity index (χ1v) is 10.6. The molecule has 0 aliphatic carbocycles. The van der Waals surface area contributed by atoms with Crippen molar-refractivity contribution < 1.29 is 19.0 Å². The van der Waals surface area contributed by atoms with Crippen LogP contribution in [0.5, 0.6) is 17.4 Å². The third-order valence-corrected chi connectivity index (χ3v) is 4.94. The molecule has 32 heavy (non-hydrogen) atoms. The van der Waals surface area contributed by atoms with E-state index in [4.69, 9.17) is 19.3 Å². The predicted molar refractivity (Wildman–Crippen MR) is 123 cm³/mol. The monoisotopic (exact) mass is 438 g/mol. The molecule has 3 rings (SSSR count). The van der Waals surface area contributed by atoms with Gasteiger partial charge in [0.15, 0.2) is 11.5 Å². The molecule has 0 saturated heterocycles. The summed E-state index contributed by atoms with van der Waals surface area (Å²) in [4.78, 5) is 14.4. The molecule has 8 heteroatoms. The number of benzene rings is 2. The van der Waals surface area contributed by atoms with Gasteiger partial charge in [-0.05, 0) is 38.1 Å². The Labute approximate surface area is 188 Å². The van der Waals surface area contributed by atoms with E-state index in [1.807, 2.05) is 68.4 Å². The van der Waals surface area contributed by atoms with E-state index in [1.54, 1.807) is 23.8 Å². The van der Waals surface area contributed by atoms with Crippen LogP contribution in [0.15, 0.2) is 54.6 Å². The van der Waals surface area contributed by atoms with Crippen LogP contribution in [0, 0.1) is 6.92 Å². The number of amides is 2. The fourth-order valence-electron chi connectivity index (χ4n) is 3.28. The molecule has 1 aromatic heterocycles. The molecule has 0 atom stereocenters. The number of nitrogens with one attached hydrogen (secondary N) is 1. The molecular weight excluding hydrogens is 408 g/mol. The van der Waals surface area contributed by atoms with Gasteiger partial charge in [0.05, 0.1) is 37.2 Å². The van der Waals surface area contributed by atoms with Crippen molar-refractivity contribution >= 4 is 6.03 Å². The van der Waals surface area contributed by atoms with Crippen LogP contribution in [0.25, 0.3) is 5.69 Å². The topological polar surface area (TPSA) is 77.9 Å². The second kappa shape index (κ2) is 11.2. The minimum atomic E-state index is -0.167. The van der Waals surface area contributed by atoms with Crippen molar-refractivity contribution in [3.8, 4) is 23.1 Å². The Morgan fingerprint density at radius 2 is 1.75 bits per heavy atom. The van der Waals surface area contributed by atoms with E-state index < -0.39 is 0 Å². The Hall–Kier alpha value is -3.52. The standard InChI is InChI=1S/C24H30N4O4/c1-5-25-24(29)27(15-16-30-3)17-20-18(2)26-28(19-11-7-6-8-12-19)23(20)32-22-14-10-9-13-21(22)31-4/h6-14H,5,15-17H2,1-4H3,(H,25,29). The van der Waals surface area contributed by atoms with Gasteiger partial charge in [-0.15, -0.1) is 0 Å². The molecule has 1 heterocycles. The van der Waals surface area contributed by atoms with Crippen LogP contribution in [0.3, 0.4) is 0 Å². The lowest BCUT2D eigenvalue weighted by Gasteiger charge is -2.23. The highest BCUT2D eigenvalue weighted by Crippen LogP contribution is 2.35. The molecular formula is C24H30N4O4. The van der Waals surface area contributed by atoms with Gasteiger partial charge in [-0.2, -0.15) is 5.10 Å². The summed E-state index contributed by atoms with van der Waals surface area (Å²) in [6.07, 6.45) is 0. The Kier molecular flexibility index (Phi) is 8.10. The van der Waals surface area contributed by atoms with Gasteiger partial charge < -0.3 is 24.4 Å². The van der Waals surface area contributed by atoms with Gasteiger partial charge >= 0.3 is 6.03 Å². The van der Waals surface area contributed by atoms with Crippen LogP contribution in [0.2, 0.25) is 0 Å². The lowest BCUT2D eigenvalue weighted by molar-refractivity contribution is 0.146. The van der Waals surface area contributed by atoms with Crippen LogP contribution in [0.4, 0.5) is 4.79 Å². The van der Waals surface area contributed by atoms with Crippen LogP contribution >= 0.6 is 0 Å². The molecule has 0 aliphatic heterocycles. The molecule has 2 aromatic carbocycles. The van der Waals surface area contributed by atoms with E-state index in [0.717, 1.165) is 16.9 Å². The van der Waals surface area contributed by atoms with Crippen LogP contribution < -0.4 is 14.8 Å². The van der Waals surface area contributed by atoms with E-state index >= 15 is 0 Å². The van der Waals surface area contributed by atoms with Crippen molar-refractivity contribution in [1.82, 2.24) is 20.0 Å². The van der Waals surface area contributed by atoms with Crippen molar-refractivity contribution in [3.05, 3.63) is 65.9 Å². The molecule has 0 radical (unpaired) electrons. The van der Waals surface area contributed by atoms with Crippen molar-refractivity contribution in [2.24, 2.45) is 0 Å². The van der Waals surface area contributed by atoms with Gasteiger partial charge in [-0.25, -0.2) is 9.48 Å². The van der Waals surface area contributed by atoms with E-state index in [1.165, 1.54) is 0 Å². The van der Waals surface area contributed by atoms with Gasteiger partial charge in [0.25, 0.3) is 0 Å². The fourth-order valence-corrected chi connectivity index (χ4v) is 3.28. The number of hydrogen-bond donors (Lipinski definition) is 1. The largest absolute Gasteiger partial charge is 0.493 e. The Balaban J connectivity index is 2.06. The number of carbonyl (C=O) groups excluding carboxylic acids is 1. The lowest BCUT2D eigenvalue weighted by Crippen LogP contribution is -2.41. The normalized spacial score (nSPS) is 10.6. The highest BCUT2D eigenvalue weighted by molar-refractivity contribution is 5.74. The highest BCUT2D eigenvalue weighted by atomic mass is 16.5. The third-order valence-electron chi connectivity index (χ3n) is 4.94. The number of urea groups is 1. The van der Waals surface area contributed by atoms with Gasteiger partial charge in [0.2, 0.25) is 5.88 Å². The molecule has 0 aliphatic rings. The summed E-state index contributed by atoms with van der Waals surface area (Å²) in [5, 5.41) is 7.60. The number of aryl methyl sites for hydroxylation is 1. The van der Waals surface area contributed by atoms with E-state index in [0.29, 0.717) is 43.6 Å².